The predicted molar refractivity (Wildman–Crippen MR) is 100 cm³/mol. The zero-order chi connectivity index (χ0) is 21.6. The number of alkyl halides is 3. The second-order valence-corrected chi connectivity index (χ2v) is 10.4. The molecule has 1 unspecified atom stereocenters. The number of sulfonamides is 1. The summed E-state index contributed by atoms with van der Waals surface area (Å²) < 4.78 is 71.5. The van der Waals surface area contributed by atoms with E-state index in [-0.39, 0.29) is 29.3 Å². The Balaban J connectivity index is 1.85. The molecule has 0 N–H and O–H groups in total. The van der Waals surface area contributed by atoms with E-state index in [4.69, 9.17) is 16.0 Å². The van der Waals surface area contributed by atoms with Crippen molar-refractivity contribution in [1.82, 2.24) is 14.5 Å². The quantitative estimate of drug-likeness (QED) is 0.681. The molecule has 2 heterocycles. The van der Waals surface area contributed by atoms with E-state index in [2.05, 4.69) is 10.2 Å². The normalized spacial score (nSPS) is 19.5. The summed E-state index contributed by atoms with van der Waals surface area (Å²) in [6, 6.07) is 2.24. The largest absolute Gasteiger partial charge is 0.424 e. The minimum absolute atomic E-state index is 0.0888. The maximum absolute atomic E-state index is 13.0. The van der Waals surface area contributed by atoms with Crippen LogP contribution in [0.1, 0.15) is 56.9 Å². The predicted octanol–water partition coefficient (Wildman–Crippen LogP) is 4.61. The summed E-state index contributed by atoms with van der Waals surface area (Å²) in [5.41, 5.74) is -1.34. The van der Waals surface area contributed by atoms with Crippen LogP contribution < -0.4 is 0 Å². The average molecular weight is 452 g/mol. The van der Waals surface area contributed by atoms with Gasteiger partial charge >= 0.3 is 6.18 Å². The Bertz CT molecular complexity index is 1000. The van der Waals surface area contributed by atoms with Crippen LogP contribution in [0.4, 0.5) is 13.2 Å². The van der Waals surface area contributed by atoms with Crippen LogP contribution in [0.2, 0.25) is 5.02 Å². The van der Waals surface area contributed by atoms with Gasteiger partial charge in [0.05, 0.1) is 16.5 Å². The van der Waals surface area contributed by atoms with E-state index < -0.39 is 26.8 Å². The molecule has 29 heavy (non-hydrogen) atoms. The van der Waals surface area contributed by atoms with Crippen LogP contribution in [0, 0.1) is 0 Å². The van der Waals surface area contributed by atoms with Crippen LogP contribution in [0.5, 0.6) is 0 Å². The zero-order valence-electron chi connectivity index (χ0n) is 16.1. The molecule has 2 aromatic rings. The lowest BCUT2D eigenvalue weighted by Crippen LogP contribution is -2.39. The van der Waals surface area contributed by atoms with Crippen LogP contribution in [0.3, 0.4) is 0 Å². The van der Waals surface area contributed by atoms with Gasteiger partial charge in [-0.15, -0.1) is 10.2 Å². The fourth-order valence-corrected chi connectivity index (χ4v) is 5.13. The molecule has 0 saturated carbocycles. The summed E-state index contributed by atoms with van der Waals surface area (Å²) in [5.74, 6) is 0.516. The molecular weight excluding hydrogens is 431 g/mol. The van der Waals surface area contributed by atoms with Crippen molar-refractivity contribution in [1.29, 1.82) is 0 Å². The van der Waals surface area contributed by atoms with Crippen molar-refractivity contribution < 1.29 is 26.0 Å². The van der Waals surface area contributed by atoms with Crippen LogP contribution in [-0.2, 0) is 21.6 Å². The first-order chi connectivity index (χ1) is 13.3. The van der Waals surface area contributed by atoms with Gasteiger partial charge in [-0.2, -0.15) is 17.5 Å². The van der Waals surface area contributed by atoms with Gasteiger partial charge < -0.3 is 4.42 Å². The number of hydrogen-bond donors (Lipinski definition) is 0. The Morgan fingerprint density at radius 3 is 2.45 bits per heavy atom. The van der Waals surface area contributed by atoms with Gasteiger partial charge in [-0.25, -0.2) is 8.42 Å². The third-order valence-corrected chi connectivity index (χ3v) is 7.04. The third-order valence-electron chi connectivity index (χ3n) is 4.69. The Labute approximate surface area is 172 Å². The first-order valence-electron chi connectivity index (χ1n) is 9.01. The number of aromatic nitrogens is 2. The minimum Gasteiger partial charge on any atom is -0.424 e. The number of rotatable bonds is 3. The molecule has 0 bridgehead atoms. The van der Waals surface area contributed by atoms with Gasteiger partial charge in [0.2, 0.25) is 21.8 Å². The van der Waals surface area contributed by atoms with E-state index in [1.165, 1.54) is 4.31 Å². The summed E-state index contributed by atoms with van der Waals surface area (Å²) in [5, 5.41) is 7.64. The Hall–Kier alpha value is -1.65. The van der Waals surface area contributed by atoms with Crippen molar-refractivity contribution in [3.05, 3.63) is 40.6 Å². The standard InChI is InChI=1S/C18H21ClF3N3O3S/c1-17(2,3)16-24-23-15(28-16)11-5-4-8-25(10-11)29(26,27)14-7-6-12(9-13(14)19)18(20,21)22/h6-7,9,11H,4-5,8,10H2,1-3H3. The van der Waals surface area contributed by atoms with Gasteiger partial charge in [0.15, 0.2) is 0 Å². The summed E-state index contributed by atoms with van der Waals surface area (Å²) in [6.07, 6.45) is -3.39. The molecular formula is C18H21ClF3N3O3S. The van der Waals surface area contributed by atoms with Crippen LogP contribution in [0.15, 0.2) is 27.5 Å². The van der Waals surface area contributed by atoms with Crippen molar-refractivity contribution in [2.45, 2.75) is 56.0 Å². The van der Waals surface area contributed by atoms with Crippen LogP contribution in [0.25, 0.3) is 0 Å². The number of halogens is 4. The Kier molecular flexibility index (Phi) is 5.74. The molecule has 0 radical (unpaired) electrons. The first-order valence-corrected chi connectivity index (χ1v) is 10.8. The highest BCUT2D eigenvalue weighted by molar-refractivity contribution is 7.89. The second kappa shape index (κ2) is 7.55. The third kappa shape index (κ3) is 4.59. The molecule has 0 aliphatic carbocycles. The van der Waals surface area contributed by atoms with Crippen molar-refractivity contribution >= 4 is 21.6 Å². The van der Waals surface area contributed by atoms with Gasteiger partial charge in [0.1, 0.15) is 4.90 Å². The monoisotopic (exact) mass is 451 g/mol. The van der Waals surface area contributed by atoms with E-state index in [9.17, 15) is 21.6 Å². The van der Waals surface area contributed by atoms with Gasteiger partial charge in [-0.05, 0) is 31.0 Å². The maximum Gasteiger partial charge on any atom is 0.416 e. The molecule has 1 fully saturated rings. The van der Waals surface area contributed by atoms with E-state index in [1.54, 1.807) is 0 Å². The summed E-state index contributed by atoms with van der Waals surface area (Å²) in [7, 11) is -4.07. The second-order valence-electron chi connectivity index (χ2n) is 8.04. The lowest BCUT2D eigenvalue weighted by Gasteiger charge is -2.30. The molecule has 11 heteroatoms. The van der Waals surface area contributed by atoms with Crippen LogP contribution in [-0.4, -0.2) is 36.0 Å². The summed E-state index contributed by atoms with van der Waals surface area (Å²) >= 11 is 5.90. The smallest absolute Gasteiger partial charge is 0.416 e. The molecule has 1 aromatic heterocycles. The van der Waals surface area contributed by atoms with E-state index in [0.29, 0.717) is 36.8 Å². The highest BCUT2D eigenvalue weighted by Gasteiger charge is 2.36. The van der Waals surface area contributed by atoms with Gasteiger partial charge in [-0.1, -0.05) is 32.4 Å². The first kappa shape index (κ1) is 22.0. The molecule has 1 aromatic carbocycles. The van der Waals surface area contributed by atoms with E-state index >= 15 is 0 Å². The SMILES string of the molecule is CC(C)(C)c1nnc(C2CCCN(S(=O)(=O)c3ccc(C(F)(F)F)cc3Cl)C2)o1. The number of hydrogen-bond acceptors (Lipinski definition) is 5. The molecule has 6 nitrogen and oxygen atoms in total. The van der Waals surface area contributed by atoms with E-state index in [1.807, 2.05) is 20.8 Å². The average Bonchev–Trinajstić information content (AvgIpc) is 3.11. The van der Waals surface area contributed by atoms with Crippen molar-refractivity contribution in [2.75, 3.05) is 13.1 Å². The number of nitrogens with zero attached hydrogens (tertiary/aromatic N) is 3. The number of benzene rings is 1. The summed E-state index contributed by atoms with van der Waals surface area (Å²) in [6.45, 7) is 6.10. The molecule has 1 aliphatic rings. The zero-order valence-corrected chi connectivity index (χ0v) is 17.7. The maximum atomic E-state index is 13.0. The summed E-state index contributed by atoms with van der Waals surface area (Å²) in [4.78, 5) is -0.353. The lowest BCUT2D eigenvalue weighted by atomic mass is 9.97. The van der Waals surface area contributed by atoms with E-state index in [0.717, 1.165) is 6.07 Å². The highest BCUT2D eigenvalue weighted by atomic mass is 35.5. The topological polar surface area (TPSA) is 76.3 Å². The van der Waals surface area contributed by atoms with Crippen molar-refractivity contribution in [3.63, 3.8) is 0 Å². The van der Waals surface area contributed by atoms with Crippen molar-refractivity contribution in [3.8, 4) is 0 Å². The Morgan fingerprint density at radius 1 is 1.21 bits per heavy atom. The van der Waals surface area contributed by atoms with Crippen molar-refractivity contribution in [2.24, 2.45) is 0 Å². The highest BCUT2D eigenvalue weighted by Crippen LogP contribution is 2.36. The fourth-order valence-electron chi connectivity index (χ4n) is 3.09. The van der Waals surface area contributed by atoms with Crippen LogP contribution >= 0.6 is 11.6 Å². The van der Waals surface area contributed by atoms with Gasteiger partial charge in [0, 0.05) is 18.5 Å². The molecule has 1 saturated heterocycles. The molecule has 3 rings (SSSR count). The molecule has 0 spiro atoms. The van der Waals surface area contributed by atoms with Gasteiger partial charge in [-0.3, -0.25) is 0 Å². The molecule has 160 valence electrons. The number of piperidine rings is 1. The molecule has 0 amide bonds. The minimum atomic E-state index is -4.61. The Morgan fingerprint density at radius 2 is 1.90 bits per heavy atom. The lowest BCUT2D eigenvalue weighted by molar-refractivity contribution is -0.137. The molecule has 1 atom stereocenters. The fraction of sp³-hybridized carbons (Fsp3) is 0.556. The van der Waals surface area contributed by atoms with Gasteiger partial charge in [0.25, 0.3) is 0 Å². The molecule has 1 aliphatic heterocycles.